The summed E-state index contributed by atoms with van der Waals surface area (Å²) in [7, 11) is 0.824. The van der Waals surface area contributed by atoms with Gasteiger partial charge < -0.3 is 14.3 Å². The zero-order chi connectivity index (χ0) is 46.3. The first-order chi connectivity index (χ1) is 31.9. The van der Waals surface area contributed by atoms with Crippen molar-refractivity contribution in [1.82, 2.24) is 4.57 Å². The number of rotatable bonds is 3. The molecule has 0 amide bonds. The van der Waals surface area contributed by atoms with Crippen molar-refractivity contribution in [2.45, 2.75) is 97.8 Å². The molecule has 0 unspecified atom stereocenters. The lowest BCUT2D eigenvalue weighted by molar-refractivity contribution is 0.584. The molecule has 4 heteroatoms. The fourth-order valence-electron chi connectivity index (χ4n) is 12.5. The van der Waals surface area contributed by atoms with Crippen molar-refractivity contribution < 1.29 is 4.42 Å². The minimum Gasteiger partial charge on any atom is -0.456 e. The average molecular weight is 869 g/mol. The van der Waals surface area contributed by atoms with Crippen LogP contribution in [0.5, 0.6) is 0 Å². The molecule has 1 N–H and O–H groups in total. The first-order valence-electron chi connectivity index (χ1n) is 24.3. The van der Waals surface area contributed by atoms with Crippen molar-refractivity contribution in [3.63, 3.8) is 0 Å². The molecular weight excluding hydrogens is 812 g/mol. The van der Waals surface area contributed by atoms with E-state index in [1.165, 1.54) is 111 Å². The molecule has 0 spiro atoms. The Bertz CT molecular complexity index is 3820. The molecule has 0 saturated heterocycles. The van der Waals surface area contributed by atoms with Gasteiger partial charge in [-0.25, -0.2) is 0 Å². The van der Waals surface area contributed by atoms with Gasteiger partial charge in [-0.05, 0) is 132 Å². The monoisotopic (exact) mass is 868 g/mol. The number of nitrogens with zero attached hydrogens (tertiary/aromatic N) is 1. The van der Waals surface area contributed by atoms with Crippen molar-refractivity contribution >= 4 is 73.3 Å². The molecule has 328 valence electrons. The van der Waals surface area contributed by atoms with Crippen LogP contribution >= 0.6 is 0 Å². The maximum Gasteiger partial charge on any atom is 0.198 e. The number of hydrogen-bond donors (Lipinski definition) is 1. The lowest BCUT2D eigenvalue weighted by atomic mass is 9.58. The fourth-order valence-corrected chi connectivity index (χ4v) is 12.5. The zero-order valence-electron chi connectivity index (χ0n) is 40.8. The lowest BCUT2D eigenvalue weighted by Crippen LogP contribution is -2.38. The summed E-state index contributed by atoms with van der Waals surface area (Å²) in [5.41, 5.74) is 27.8. The van der Waals surface area contributed by atoms with E-state index >= 15 is 0 Å². The maximum atomic E-state index is 6.65. The topological polar surface area (TPSA) is 30.1 Å². The van der Waals surface area contributed by atoms with Crippen LogP contribution in [0.25, 0.3) is 82.8 Å². The van der Waals surface area contributed by atoms with Gasteiger partial charge in [0, 0.05) is 66.6 Å². The van der Waals surface area contributed by atoms with E-state index in [0.29, 0.717) is 0 Å². The Morgan fingerprint density at radius 2 is 1.18 bits per heavy atom. The molecule has 10 aromatic rings. The van der Waals surface area contributed by atoms with Crippen LogP contribution in [0.15, 0.2) is 138 Å². The molecule has 0 atom stereocenters. The van der Waals surface area contributed by atoms with Gasteiger partial charge in [-0.3, -0.25) is 0 Å². The van der Waals surface area contributed by atoms with Crippen molar-refractivity contribution in [2.75, 3.05) is 5.32 Å². The Kier molecular flexibility index (Phi) is 7.99. The number of nitrogens with one attached hydrogen (secondary N) is 1. The Morgan fingerprint density at radius 1 is 0.522 bits per heavy atom. The summed E-state index contributed by atoms with van der Waals surface area (Å²) in [6.07, 6.45) is 0. The van der Waals surface area contributed by atoms with Gasteiger partial charge in [0.25, 0.3) is 0 Å². The molecule has 67 heavy (non-hydrogen) atoms. The van der Waals surface area contributed by atoms with Crippen LogP contribution in [0.4, 0.5) is 11.4 Å². The summed E-state index contributed by atoms with van der Waals surface area (Å²) < 4.78 is 9.26. The SMILES string of the molecule is Cc1cc(-c2cc3c(cc2Nc2ccc(C(C)(C)C)cc2)C(C)(C)c2cc(C(C)(C)C)ccc2-3)c2c3c1c1cc4c(cc1n3-c1cc3c(cc1B2)C(C)(C)c1ccccc1-3)oc1ccccc14. The van der Waals surface area contributed by atoms with Crippen LogP contribution in [0.2, 0.25) is 0 Å². The van der Waals surface area contributed by atoms with E-state index in [0.717, 1.165) is 40.6 Å². The number of anilines is 2. The molecule has 8 aromatic carbocycles. The number of fused-ring (bicyclic) bond motifs is 14. The van der Waals surface area contributed by atoms with Gasteiger partial charge in [0.1, 0.15) is 11.2 Å². The van der Waals surface area contributed by atoms with E-state index < -0.39 is 0 Å². The molecular formula is C63H57BN2O. The Labute approximate surface area is 395 Å². The zero-order valence-corrected chi connectivity index (χ0v) is 40.8. The summed E-state index contributed by atoms with van der Waals surface area (Å²) in [6, 6.07) is 51.2. The van der Waals surface area contributed by atoms with Crippen molar-refractivity contribution in [1.29, 1.82) is 0 Å². The van der Waals surface area contributed by atoms with Crippen LogP contribution in [-0.4, -0.2) is 11.8 Å². The van der Waals surface area contributed by atoms with Crippen LogP contribution in [-0.2, 0) is 21.7 Å². The van der Waals surface area contributed by atoms with E-state index in [1.54, 1.807) is 0 Å². The Balaban J connectivity index is 1.12. The highest BCUT2D eigenvalue weighted by molar-refractivity contribution is 6.73. The van der Waals surface area contributed by atoms with Gasteiger partial charge in [-0.15, -0.1) is 0 Å². The van der Waals surface area contributed by atoms with E-state index in [1.807, 2.05) is 0 Å². The Hall–Kier alpha value is -6.78. The first-order valence-corrected chi connectivity index (χ1v) is 24.3. The molecule has 3 heterocycles. The number of furan rings is 1. The summed E-state index contributed by atoms with van der Waals surface area (Å²) >= 11 is 0. The highest BCUT2D eigenvalue weighted by atomic mass is 16.3. The van der Waals surface area contributed by atoms with Crippen molar-refractivity contribution in [3.05, 3.63) is 172 Å². The second-order valence-corrected chi connectivity index (χ2v) is 23.1. The molecule has 0 saturated carbocycles. The van der Waals surface area contributed by atoms with E-state index in [9.17, 15) is 0 Å². The Morgan fingerprint density at radius 3 is 1.96 bits per heavy atom. The van der Waals surface area contributed by atoms with Gasteiger partial charge in [-0.1, -0.05) is 160 Å². The largest absolute Gasteiger partial charge is 0.456 e. The van der Waals surface area contributed by atoms with E-state index in [2.05, 4.69) is 220 Å². The second-order valence-electron chi connectivity index (χ2n) is 23.1. The van der Waals surface area contributed by atoms with Crippen LogP contribution in [0, 0.1) is 6.92 Å². The second kappa shape index (κ2) is 13.2. The third-order valence-electron chi connectivity index (χ3n) is 16.2. The molecule has 0 radical (unpaired) electrons. The summed E-state index contributed by atoms with van der Waals surface area (Å²) in [6.45, 7) is 25.8. The highest BCUT2D eigenvalue weighted by Crippen LogP contribution is 2.54. The number of hydrogen-bond acceptors (Lipinski definition) is 2. The van der Waals surface area contributed by atoms with Crippen LogP contribution in [0.3, 0.4) is 0 Å². The lowest BCUT2D eigenvalue weighted by Gasteiger charge is -2.28. The number of benzene rings is 8. The number of para-hydroxylation sites is 1. The van der Waals surface area contributed by atoms with Crippen LogP contribution < -0.4 is 16.2 Å². The summed E-state index contributed by atoms with van der Waals surface area (Å²) in [5, 5.41) is 8.96. The average Bonchev–Trinajstić information content (AvgIpc) is 3.96. The summed E-state index contributed by atoms with van der Waals surface area (Å²) in [5.74, 6) is 0. The van der Waals surface area contributed by atoms with Gasteiger partial charge in [0.2, 0.25) is 0 Å². The van der Waals surface area contributed by atoms with Crippen molar-refractivity contribution in [3.8, 4) is 39.1 Å². The third kappa shape index (κ3) is 5.59. The van der Waals surface area contributed by atoms with Crippen molar-refractivity contribution in [2.24, 2.45) is 0 Å². The van der Waals surface area contributed by atoms with Gasteiger partial charge in [0.15, 0.2) is 7.28 Å². The molecule has 13 rings (SSSR count). The minimum atomic E-state index is -0.178. The van der Waals surface area contributed by atoms with Gasteiger partial charge >= 0.3 is 0 Å². The molecule has 0 fully saturated rings. The number of aryl methyl sites for hydroxylation is 1. The fraction of sp³-hybridized carbons (Fsp3) is 0.238. The maximum absolute atomic E-state index is 6.65. The quantitative estimate of drug-likeness (QED) is 0.179. The normalized spacial score (nSPS) is 15.1. The van der Waals surface area contributed by atoms with E-state index in [-0.39, 0.29) is 21.7 Å². The summed E-state index contributed by atoms with van der Waals surface area (Å²) in [4.78, 5) is 0. The van der Waals surface area contributed by atoms with E-state index in [4.69, 9.17) is 4.42 Å². The molecule has 3 aliphatic rings. The predicted octanol–water partition coefficient (Wildman–Crippen LogP) is 15.3. The number of aromatic nitrogens is 1. The smallest absolute Gasteiger partial charge is 0.198 e. The van der Waals surface area contributed by atoms with Gasteiger partial charge in [0.05, 0.1) is 5.52 Å². The highest BCUT2D eigenvalue weighted by Gasteiger charge is 2.40. The minimum absolute atomic E-state index is 0.0507. The molecule has 3 nitrogen and oxygen atoms in total. The molecule has 1 aliphatic heterocycles. The van der Waals surface area contributed by atoms with Crippen LogP contribution in [0.1, 0.15) is 108 Å². The molecule has 2 aliphatic carbocycles. The predicted molar refractivity (Wildman–Crippen MR) is 287 cm³/mol. The first kappa shape index (κ1) is 40.5. The standard InChI is InChI=1S/C63H57BN2O/c1-34-26-45(43-28-41-39-25-22-36(61(5,6)7)27-48(39)63(10,11)50(41)32-52(43)65-37-23-20-35(21-24-37)60(2,3)4)58-59-57(34)46-29-44-40-17-13-15-19-55(40)67-56(44)33-53(46)66(59)54-30-42-38-16-12-14-18-47(38)62(8,9)49(42)31-51(54)64-58/h12-33,64-65H,1-11H3. The van der Waals surface area contributed by atoms with Gasteiger partial charge in [-0.2, -0.15) is 0 Å². The third-order valence-corrected chi connectivity index (χ3v) is 16.2. The molecule has 2 aromatic heterocycles. The molecule has 0 bridgehead atoms.